The summed E-state index contributed by atoms with van der Waals surface area (Å²) < 4.78 is 10.2. The lowest BCUT2D eigenvalue weighted by atomic mass is 10.1. The average molecular weight is 265 g/mol. The van der Waals surface area contributed by atoms with Crippen molar-refractivity contribution in [3.8, 4) is 0 Å². The van der Waals surface area contributed by atoms with E-state index in [-0.39, 0.29) is 5.76 Å². The van der Waals surface area contributed by atoms with E-state index in [1.807, 2.05) is 6.07 Å². The number of furan rings is 1. The van der Waals surface area contributed by atoms with E-state index in [0.717, 1.165) is 12.3 Å². The van der Waals surface area contributed by atoms with Gasteiger partial charge in [0.2, 0.25) is 5.76 Å². The topological polar surface area (TPSA) is 42.7 Å². The van der Waals surface area contributed by atoms with E-state index in [1.165, 1.54) is 45.6 Å². The predicted molar refractivity (Wildman–Crippen MR) is 73.0 cm³/mol. The zero-order valence-electron chi connectivity index (χ0n) is 11.9. The molecule has 0 spiro atoms. The Balaban J connectivity index is 1.92. The van der Waals surface area contributed by atoms with Gasteiger partial charge in [-0.05, 0) is 32.0 Å². The molecule has 1 aliphatic carbocycles. The highest BCUT2D eigenvalue weighted by Crippen LogP contribution is 2.22. The van der Waals surface area contributed by atoms with E-state index < -0.39 is 5.97 Å². The van der Waals surface area contributed by atoms with Crippen LogP contribution < -0.4 is 0 Å². The van der Waals surface area contributed by atoms with Gasteiger partial charge in [-0.15, -0.1) is 0 Å². The van der Waals surface area contributed by atoms with Crippen molar-refractivity contribution in [1.29, 1.82) is 0 Å². The Labute approximate surface area is 114 Å². The van der Waals surface area contributed by atoms with Crippen molar-refractivity contribution in [2.24, 2.45) is 0 Å². The smallest absolute Gasteiger partial charge is 0.373 e. The van der Waals surface area contributed by atoms with Crippen LogP contribution in [0.2, 0.25) is 0 Å². The Morgan fingerprint density at radius 1 is 1.32 bits per heavy atom. The van der Waals surface area contributed by atoms with Gasteiger partial charge >= 0.3 is 5.97 Å². The van der Waals surface area contributed by atoms with Crippen LogP contribution in [0.3, 0.4) is 0 Å². The molecule has 0 radical (unpaired) electrons. The molecule has 19 heavy (non-hydrogen) atoms. The fourth-order valence-electron chi connectivity index (χ4n) is 2.75. The van der Waals surface area contributed by atoms with Gasteiger partial charge in [0.05, 0.1) is 13.7 Å². The number of carbonyl (C=O) groups excluding carboxylic acids is 1. The van der Waals surface area contributed by atoms with Gasteiger partial charge in [0, 0.05) is 6.04 Å². The molecule has 1 aromatic rings. The summed E-state index contributed by atoms with van der Waals surface area (Å²) in [6.45, 7) is 0.752. The van der Waals surface area contributed by atoms with Gasteiger partial charge in [0.15, 0.2) is 0 Å². The van der Waals surface area contributed by atoms with Crippen LogP contribution >= 0.6 is 0 Å². The minimum Gasteiger partial charge on any atom is -0.463 e. The lowest BCUT2D eigenvalue weighted by Crippen LogP contribution is -2.30. The molecule has 0 saturated heterocycles. The summed E-state index contributed by atoms with van der Waals surface area (Å²) in [5, 5.41) is 0. The van der Waals surface area contributed by atoms with Crippen LogP contribution in [0.15, 0.2) is 16.5 Å². The SMILES string of the molecule is COC(=O)c1ccc(CN(C)C2CCCCCC2)o1. The number of hydrogen-bond donors (Lipinski definition) is 0. The van der Waals surface area contributed by atoms with Gasteiger partial charge in [-0.1, -0.05) is 25.7 Å². The quantitative estimate of drug-likeness (QED) is 0.619. The van der Waals surface area contributed by atoms with Gasteiger partial charge in [-0.2, -0.15) is 0 Å². The number of rotatable bonds is 4. The van der Waals surface area contributed by atoms with Crippen LogP contribution in [0.5, 0.6) is 0 Å². The fourth-order valence-corrected chi connectivity index (χ4v) is 2.75. The van der Waals surface area contributed by atoms with Crippen molar-refractivity contribution in [2.75, 3.05) is 14.2 Å². The average Bonchev–Trinajstić information content (AvgIpc) is 2.71. The number of esters is 1. The first-order valence-electron chi connectivity index (χ1n) is 7.08. The fraction of sp³-hybridized carbons (Fsp3) is 0.667. The summed E-state index contributed by atoms with van der Waals surface area (Å²) in [4.78, 5) is 13.7. The monoisotopic (exact) mass is 265 g/mol. The molecule has 2 rings (SSSR count). The molecule has 4 heteroatoms. The third-order valence-electron chi connectivity index (χ3n) is 3.90. The third kappa shape index (κ3) is 3.83. The molecule has 106 valence electrons. The van der Waals surface area contributed by atoms with Crippen LogP contribution in [0.1, 0.15) is 54.8 Å². The third-order valence-corrected chi connectivity index (χ3v) is 3.90. The number of carbonyl (C=O) groups is 1. The van der Waals surface area contributed by atoms with Crippen LogP contribution in [-0.4, -0.2) is 31.1 Å². The highest BCUT2D eigenvalue weighted by molar-refractivity contribution is 5.86. The van der Waals surface area contributed by atoms with E-state index in [9.17, 15) is 4.79 Å². The largest absolute Gasteiger partial charge is 0.463 e. The summed E-state index contributed by atoms with van der Waals surface area (Å²) in [6.07, 6.45) is 7.89. The van der Waals surface area contributed by atoms with Gasteiger partial charge in [-0.25, -0.2) is 4.79 Å². The summed E-state index contributed by atoms with van der Waals surface area (Å²) in [6, 6.07) is 4.18. The van der Waals surface area contributed by atoms with Crippen molar-refractivity contribution in [3.05, 3.63) is 23.7 Å². The predicted octanol–water partition coefficient (Wildman–Crippen LogP) is 3.22. The van der Waals surface area contributed by atoms with Crippen molar-refractivity contribution in [3.63, 3.8) is 0 Å². The molecular weight excluding hydrogens is 242 g/mol. The van der Waals surface area contributed by atoms with Crippen LogP contribution in [-0.2, 0) is 11.3 Å². The van der Waals surface area contributed by atoms with Crippen LogP contribution in [0.25, 0.3) is 0 Å². The number of methoxy groups -OCH3 is 1. The maximum absolute atomic E-state index is 11.3. The molecule has 1 aromatic heterocycles. The molecule has 0 unspecified atom stereocenters. The highest BCUT2D eigenvalue weighted by Gasteiger charge is 2.19. The molecule has 0 bridgehead atoms. The van der Waals surface area contributed by atoms with Crippen molar-refractivity contribution < 1.29 is 13.9 Å². The number of nitrogens with zero attached hydrogens (tertiary/aromatic N) is 1. The lowest BCUT2D eigenvalue weighted by molar-refractivity contribution is 0.0560. The molecule has 0 N–H and O–H groups in total. The summed E-state index contributed by atoms with van der Waals surface area (Å²) in [5.41, 5.74) is 0. The van der Waals surface area contributed by atoms with Gasteiger partial charge in [-0.3, -0.25) is 4.90 Å². The standard InChI is InChI=1S/C15H23NO3/c1-16(12-7-5-3-4-6-8-12)11-13-9-10-14(19-13)15(17)18-2/h9-10,12H,3-8,11H2,1-2H3. The highest BCUT2D eigenvalue weighted by atomic mass is 16.5. The van der Waals surface area contributed by atoms with E-state index in [1.54, 1.807) is 6.07 Å². The summed E-state index contributed by atoms with van der Waals surface area (Å²) >= 11 is 0. The van der Waals surface area contributed by atoms with Gasteiger partial charge in [0.1, 0.15) is 5.76 Å². The number of hydrogen-bond acceptors (Lipinski definition) is 4. The molecule has 0 amide bonds. The second kappa shape index (κ2) is 6.75. The molecule has 4 nitrogen and oxygen atoms in total. The normalized spacial score (nSPS) is 17.4. The molecule has 1 heterocycles. The number of ether oxygens (including phenoxy) is 1. The first kappa shape index (κ1) is 14.1. The maximum Gasteiger partial charge on any atom is 0.373 e. The molecule has 1 fully saturated rings. The molecule has 1 aliphatic rings. The maximum atomic E-state index is 11.3. The Morgan fingerprint density at radius 2 is 2.00 bits per heavy atom. The molecule has 0 aromatic carbocycles. The van der Waals surface area contributed by atoms with E-state index in [2.05, 4.69) is 16.7 Å². The summed E-state index contributed by atoms with van der Waals surface area (Å²) in [7, 11) is 3.50. The van der Waals surface area contributed by atoms with Gasteiger partial charge < -0.3 is 9.15 Å². The first-order valence-corrected chi connectivity index (χ1v) is 7.08. The van der Waals surface area contributed by atoms with E-state index in [0.29, 0.717) is 6.04 Å². The van der Waals surface area contributed by atoms with Crippen molar-refractivity contribution >= 4 is 5.97 Å². The van der Waals surface area contributed by atoms with Crippen molar-refractivity contribution in [1.82, 2.24) is 4.90 Å². The Bertz CT molecular complexity index is 405. The first-order chi connectivity index (χ1) is 9.20. The molecule has 0 atom stereocenters. The van der Waals surface area contributed by atoms with E-state index >= 15 is 0 Å². The van der Waals surface area contributed by atoms with Crippen LogP contribution in [0, 0.1) is 0 Å². The van der Waals surface area contributed by atoms with E-state index in [4.69, 9.17) is 4.42 Å². The second-order valence-corrected chi connectivity index (χ2v) is 5.32. The Hall–Kier alpha value is -1.29. The van der Waals surface area contributed by atoms with Crippen LogP contribution in [0.4, 0.5) is 0 Å². The molecular formula is C15H23NO3. The minimum atomic E-state index is -0.414. The van der Waals surface area contributed by atoms with Crippen molar-refractivity contribution in [2.45, 2.75) is 51.1 Å². The minimum absolute atomic E-state index is 0.284. The Kier molecular flexibility index (Phi) is 5.02. The summed E-state index contributed by atoms with van der Waals surface area (Å²) in [5.74, 6) is 0.697. The zero-order valence-corrected chi connectivity index (χ0v) is 11.9. The zero-order chi connectivity index (χ0) is 13.7. The molecule has 1 saturated carbocycles. The Morgan fingerprint density at radius 3 is 2.63 bits per heavy atom. The molecule has 0 aliphatic heterocycles. The second-order valence-electron chi connectivity index (χ2n) is 5.32. The lowest BCUT2D eigenvalue weighted by Gasteiger charge is -2.26. The van der Waals surface area contributed by atoms with Gasteiger partial charge in [0.25, 0.3) is 0 Å².